The van der Waals surface area contributed by atoms with Gasteiger partial charge in [0.25, 0.3) is 0 Å². The molecule has 0 aromatic carbocycles. The Labute approximate surface area is 91.6 Å². The van der Waals surface area contributed by atoms with Gasteiger partial charge in [0.05, 0.1) is 12.6 Å². The van der Waals surface area contributed by atoms with Gasteiger partial charge in [0.2, 0.25) is 0 Å². The molecule has 0 aliphatic carbocycles. The third kappa shape index (κ3) is 9.39. The van der Waals surface area contributed by atoms with Gasteiger partial charge in [-0.2, -0.15) is 0 Å². The highest BCUT2D eigenvalue weighted by Gasteiger charge is 2.16. The minimum atomic E-state index is -4.30. The van der Waals surface area contributed by atoms with Crippen LogP contribution in [-0.2, 0) is 14.2 Å². The van der Waals surface area contributed by atoms with E-state index in [1.807, 2.05) is 0 Å². The van der Waals surface area contributed by atoms with Crippen LogP contribution in [0.15, 0.2) is 11.6 Å². The summed E-state index contributed by atoms with van der Waals surface area (Å²) < 4.78 is 10.7. The summed E-state index contributed by atoms with van der Waals surface area (Å²) in [5, 5.41) is 16.8. The summed E-state index contributed by atoms with van der Waals surface area (Å²) in [5.41, 5.74) is 0.151. The maximum Gasteiger partial charge on any atom is 0.329 e. The number of hydrogen-bond donors (Lipinski definition) is 4. The van der Waals surface area contributed by atoms with Crippen LogP contribution in [0.1, 0.15) is 19.3 Å². The number of hydrogen-bond acceptors (Lipinski definition) is 3. The average Bonchev–Trinajstić information content (AvgIpc) is 2.07. The van der Waals surface area contributed by atoms with Crippen LogP contribution in [0.3, 0.4) is 0 Å². The van der Waals surface area contributed by atoms with E-state index in [4.69, 9.17) is 20.0 Å². The van der Waals surface area contributed by atoms with Crippen LogP contribution in [0, 0.1) is 0 Å². The number of carbonyl (C=O) groups is 2. The van der Waals surface area contributed by atoms with Crippen LogP contribution in [-0.4, -0.2) is 38.1 Å². The molecule has 92 valence electrons. The molecule has 0 heterocycles. The summed E-state index contributed by atoms with van der Waals surface area (Å²) in [6.07, 6.45) is -0.188. The summed E-state index contributed by atoms with van der Waals surface area (Å²) >= 11 is 0. The van der Waals surface area contributed by atoms with Crippen molar-refractivity contribution in [2.45, 2.75) is 19.3 Å². The van der Waals surface area contributed by atoms with Gasteiger partial charge >= 0.3 is 19.5 Å². The molecule has 0 bridgehead atoms. The van der Waals surface area contributed by atoms with E-state index >= 15 is 0 Å². The Kier molecular flexibility index (Phi) is 5.95. The van der Waals surface area contributed by atoms with Crippen LogP contribution in [0.5, 0.6) is 0 Å². The molecule has 0 fully saturated rings. The van der Waals surface area contributed by atoms with Gasteiger partial charge in [0.1, 0.15) is 0 Å². The molecular weight excluding hydrogens is 239 g/mol. The molecule has 0 spiro atoms. The average molecular weight is 252 g/mol. The zero-order valence-corrected chi connectivity index (χ0v) is 9.26. The third-order valence-electron chi connectivity index (χ3n) is 1.63. The lowest BCUT2D eigenvalue weighted by molar-refractivity contribution is -0.137. The van der Waals surface area contributed by atoms with E-state index in [1.165, 1.54) is 0 Å². The zero-order chi connectivity index (χ0) is 12.8. The quantitative estimate of drug-likeness (QED) is 0.381. The fourth-order valence-electron chi connectivity index (χ4n) is 1.01. The molecule has 0 saturated heterocycles. The predicted molar refractivity (Wildman–Crippen MR) is 54.1 cm³/mol. The molecule has 7 nitrogen and oxygen atoms in total. The van der Waals surface area contributed by atoms with Crippen LogP contribution in [0.2, 0.25) is 0 Å². The van der Waals surface area contributed by atoms with Gasteiger partial charge < -0.3 is 20.0 Å². The van der Waals surface area contributed by atoms with Crippen molar-refractivity contribution >= 4 is 19.5 Å². The first kappa shape index (κ1) is 14.8. The smallest absolute Gasteiger partial charge is 0.329 e. The second kappa shape index (κ2) is 6.42. The van der Waals surface area contributed by atoms with E-state index in [1.54, 1.807) is 0 Å². The van der Waals surface area contributed by atoms with Crippen molar-refractivity contribution in [3.05, 3.63) is 11.6 Å². The van der Waals surface area contributed by atoms with E-state index in [0.717, 1.165) is 6.08 Å². The molecule has 0 aromatic rings. The first-order chi connectivity index (χ1) is 7.20. The molecule has 0 aromatic heterocycles. The van der Waals surface area contributed by atoms with Gasteiger partial charge in [-0.1, -0.05) is 11.6 Å². The first-order valence-corrected chi connectivity index (χ1v) is 6.16. The lowest BCUT2D eigenvalue weighted by Gasteiger charge is -2.07. The van der Waals surface area contributed by atoms with E-state index in [2.05, 4.69) is 0 Å². The molecule has 0 amide bonds. The van der Waals surface area contributed by atoms with Crippen molar-refractivity contribution in [3.63, 3.8) is 0 Å². The predicted octanol–water partition coefficient (Wildman–Crippen LogP) is 0.430. The van der Waals surface area contributed by atoms with Crippen LogP contribution in [0.4, 0.5) is 0 Å². The summed E-state index contributed by atoms with van der Waals surface area (Å²) in [5.74, 6) is -2.24. The Morgan fingerprint density at radius 1 is 1.06 bits per heavy atom. The fraction of sp³-hybridized carbons (Fsp3) is 0.500. The fourth-order valence-corrected chi connectivity index (χ4v) is 1.83. The highest BCUT2D eigenvalue weighted by Crippen LogP contribution is 2.37. The van der Waals surface area contributed by atoms with Gasteiger partial charge in [0.15, 0.2) is 0 Å². The maximum atomic E-state index is 10.7. The highest BCUT2D eigenvalue weighted by atomic mass is 31.2. The van der Waals surface area contributed by atoms with Crippen molar-refractivity contribution in [1.82, 2.24) is 0 Å². The van der Waals surface area contributed by atoms with Crippen LogP contribution >= 0.6 is 7.60 Å². The lowest BCUT2D eigenvalue weighted by atomic mass is 10.1. The standard InChI is InChI=1S/C8H13O7P/c9-7(10)3-1-6(2-4-8(11)12)5-16(13,14)15/h1H,2-5H2,(H,9,10)(H,11,12)(H2,13,14,15)/b6-1-. The maximum absolute atomic E-state index is 10.7. The van der Waals surface area contributed by atoms with Crippen LogP contribution < -0.4 is 0 Å². The summed E-state index contributed by atoms with van der Waals surface area (Å²) in [7, 11) is -4.30. The molecule has 0 unspecified atom stereocenters. The molecule has 8 heteroatoms. The normalized spacial score (nSPS) is 12.5. The minimum absolute atomic E-state index is 0.0618. The van der Waals surface area contributed by atoms with Gasteiger partial charge in [-0.25, -0.2) is 0 Å². The van der Waals surface area contributed by atoms with Crippen molar-refractivity contribution in [1.29, 1.82) is 0 Å². The van der Waals surface area contributed by atoms with Crippen molar-refractivity contribution in [2.75, 3.05) is 6.16 Å². The highest BCUT2D eigenvalue weighted by molar-refractivity contribution is 7.52. The number of allylic oxidation sites excluding steroid dienone is 1. The molecular formula is C8H13O7P. The summed E-state index contributed by atoms with van der Waals surface area (Å²) in [6, 6.07) is 0. The Morgan fingerprint density at radius 3 is 2.00 bits per heavy atom. The number of carboxylic acids is 2. The van der Waals surface area contributed by atoms with E-state index < -0.39 is 25.7 Å². The monoisotopic (exact) mass is 252 g/mol. The second-order valence-electron chi connectivity index (χ2n) is 3.18. The van der Waals surface area contributed by atoms with Crippen molar-refractivity contribution < 1.29 is 34.2 Å². The zero-order valence-electron chi connectivity index (χ0n) is 8.37. The molecule has 0 saturated carbocycles. The molecule has 16 heavy (non-hydrogen) atoms. The van der Waals surface area contributed by atoms with Gasteiger partial charge in [-0.15, -0.1) is 0 Å². The Balaban J connectivity index is 4.50. The van der Waals surface area contributed by atoms with Gasteiger partial charge in [-0.3, -0.25) is 14.2 Å². The summed E-state index contributed by atoms with van der Waals surface area (Å²) in [6.45, 7) is 0. The van der Waals surface area contributed by atoms with Crippen LogP contribution in [0.25, 0.3) is 0 Å². The molecule has 0 radical (unpaired) electrons. The summed E-state index contributed by atoms with van der Waals surface area (Å²) in [4.78, 5) is 37.9. The van der Waals surface area contributed by atoms with Crippen molar-refractivity contribution in [3.8, 4) is 0 Å². The first-order valence-electron chi connectivity index (χ1n) is 4.37. The Hall–Kier alpha value is -1.17. The number of carboxylic acid groups (broad SMARTS) is 2. The van der Waals surface area contributed by atoms with Gasteiger partial charge in [0, 0.05) is 6.42 Å². The minimum Gasteiger partial charge on any atom is -0.481 e. The molecule has 4 N–H and O–H groups in total. The SMILES string of the molecule is O=C(O)C/C=C(/CCC(=O)O)CP(=O)(O)O. The molecule has 0 atom stereocenters. The Bertz CT molecular complexity index is 340. The number of rotatable bonds is 7. The second-order valence-corrected chi connectivity index (χ2v) is 4.82. The van der Waals surface area contributed by atoms with E-state index in [9.17, 15) is 14.2 Å². The number of aliphatic carboxylic acids is 2. The van der Waals surface area contributed by atoms with E-state index in [0.29, 0.717) is 0 Å². The molecule has 0 rings (SSSR count). The molecule has 0 aliphatic heterocycles. The Morgan fingerprint density at radius 2 is 1.62 bits per heavy atom. The third-order valence-corrected chi connectivity index (χ3v) is 2.45. The lowest BCUT2D eigenvalue weighted by Crippen LogP contribution is -2.01. The van der Waals surface area contributed by atoms with E-state index in [-0.39, 0.29) is 24.8 Å². The van der Waals surface area contributed by atoms with Gasteiger partial charge in [-0.05, 0) is 6.42 Å². The van der Waals surface area contributed by atoms with Crippen molar-refractivity contribution in [2.24, 2.45) is 0 Å². The topological polar surface area (TPSA) is 132 Å². The molecule has 0 aliphatic rings. The largest absolute Gasteiger partial charge is 0.481 e.